The van der Waals surface area contributed by atoms with E-state index in [9.17, 15) is 4.79 Å². The summed E-state index contributed by atoms with van der Waals surface area (Å²) in [6.07, 6.45) is 1.23. The van der Waals surface area contributed by atoms with Gasteiger partial charge in [0.15, 0.2) is 0 Å². The highest BCUT2D eigenvalue weighted by molar-refractivity contribution is 5.69. The maximum Gasteiger partial charge on any atom is 0.305 e. The van der Waals surface area contributed by atoms with Gasteiger partial charge in [0.25, 0.3) is 0 Å². The van der Waals surface area contributed by atoms with Crippen molar-refractivity contribution in [3.05, 3.63) is 6.92 Å². The first-order valence-corrected chi connectivity index (χ1v) is 3.96. The third-order valence-corrected chi connectivity index (χ3v) is 1.79. The Kier molecular flexibility index (Phi) is 4.16. The number of hydrogen-bond donors (Lipinski definition) is 0. The summed E-state index contributed by atoms with van der Waals surface area (Å²) in [5.41, 5.74) is 0.102. The van der Waals surface area contributed by atoms with Gasteiger partial charge in [-0.05, 0) is 18.8 Å². The second kappa shape index (κ2) is 4.37. The molecule has 0 fully saturated rings. The molecule has 0 aromatic heterocycles. The lowest BCUT2D eigenvalue weighted by molar-refractivity contribution is -0.145. The normalized spacial score (nSPS) is 11.3. The van der Waals surface area contributed by atoms with E-state index < -0.39 is 0 Å². The third-order valence-electron chi connectivity index (χ3n) is 1.79. The Morgan fingerprint density at radius 3 is 2.45 bits per heavy atom. The number of esters is 1. The van der Waals surface area contributed by atoms with Crippen molar-refractivity contribution in [3.63, 3.8) is 0 Å². The van der Waals surface area contributed by atoms with E-state index in [1.165, 1.54) is 0 Å². The van der Waals surface area contributed by atoms with Gasteiger partial charge in [0, 0.05) is 6.42 Å². The van der Waals surface area contributed by atoms with Crippen LogP contribution in [-0.4, -0.2) is 12.6 Å². The maximum absolute atomic E-state index is 10.7. The van der Waals surface area contributed by atoms with E-state index >= 15 is 0 Å². The minimum atomic E-state index is -0.216. The van der Waals surface area contributed by atoms with Crippen LogP contribution < -0.4 is 0 Å². The van der Waals surface area contributed by atoms with Gasteiger partial charge in [-0.15, -0.1) is 0 Å². The monoisotopic (exact) mass is 157 g/mol. The van der Waals surface area contributed by atoms with Crippen LogP contribution in [0, 0.1) is 12.3 Å². The van der Waals surface area contributed by atoms with Crippen LogP contribution >= 0.6 is 0 Å². The summed E-state index contributed by atoms with van der Waals surface area (Å²) in [4.78, 5) is 10.7. The molecule has 11 heavy (non-hydrogen) atoms. The molecule has 0 N–H and O–H groups in total. The van der Waals surface area contributed by atoms with Crippen LogP contribution in [0.2, 0.25) is 0 Å². The summed E-state index contributed by atoms with van der Waals surface area (Å²) in [6, 6.07) is 0. The van der Waals surface area contributed by atoms with Crippen molar-refractivity contribution < 1.29 is 9.53 Å². The Bertz CT molecular complexity index is 128. The number of ether oxygens (including phenoxy) is 1. The minimum Gasteiger partial charge on any atom is -0.465 e. The molecule has 0 unspecified atom stereocenters. The van der Waals surface area contributed by atoms with E-state index in [0.717, 1.165) is 6.42 Å². The molecular formula is C9H17O2. The summed E-state index contributed by atoms with van der Waals surface area (Å²) >= 11 is 0. The van der Waals surface area contributed by atoms with E-state index in [0.29, 0.717) is 6.61 Å². The van der Waals surface area contributed by atoms with Crippen LogP contribution in [0.1, 0.15) is 33.6 Å². The largest absolute Gasteiger partial charge is 0.465 e. The molecule has 0 aromatic rings. The second-order valence-electron chi connectivity index (χ2n) is 3.43. The van der Waals surface area contributed by atoms with Crippen molar-refractivity contribution >= 4 is 5.97 Å². The molecule has 2 heteroatoms. The summed E-state index contributed by atoms with van der Waals surface area (Å²) < 4.78 is 4.95. The molecule has 0 rings (SSSR count). The van der Waals surface area contributed by atoms with Gasteiger partial charge in [-0.2, -0.15) is 0 Å². The molecule has 0 saturated heterocycles. The Hall–Kier alpha value is -0.530. The highest BCUT2D eigenvalue weighted by Crippen LogP contribution is 2.19. The van der Waals surface area contributed by atoms with E-state index in [4.69, 9.17) is 4.74 Å². The zero-order valence-corrected chi connectivity index (χ0v) is 7.64. The van der Waals surface area contributed by atoms with Crippen molar-refractivity contribution in [3.8, 4) is 0 Å². The van der Waals surface area contributed by atoms with Crippen LogP contribution in [0.5, 0.6) is 0 Å². The van der Waals surface area contributed by atoms with Gasteiger partial charge < -0.3 is 4.74 Å². The molecule has 0 amide bonds. The zero-order chi connectivity index (χ0) is 8.91. The number of hydrogen-bond acceptors (Lipinski definition) is 2. The Morgan fingerprint density at radius 1 is 1.55 bits per heavy atom. The van der Waals surface area contributed by atoms with Gasteiger partial charge >= 0.3 is 5.97 Å². The molecule has 0 aliphatic carbocycles. The Balaban J connectivity index is 3.61. The molecule has 2 nitrogen and oxygen atoms in total. The molecule has 0 spiro atoms. The van der Waals surface area contributed by atoms with Crippen LogP contribution in [0.4, 0.5) is 0 Å². The van der Waals surface area contributed by atoms with E-state index in [1.54, 1.807) is 0 Å². The van der Waals surface area contributed by atoms with Gasteiger partial charge in [0.1, 0.15) is 0 Å². The lowest BCUT2D eigenvalue weighted by Crippen LogP contribution is -2.20. The van der Waals surface area contributed by atoms with Gasteiger partial charge in [-0.1, -0.05) is 20.8 Å². The lowest BCUT2D eigenvalue weighted by Gasteiger charge is -2.21. The first-order valence-electron chi connectivity index (χ1n) is 3.96. The summed E-state index contributed by atoms with van der Waals surface area (Å²) in [5.74, 6) is -0.216. The molecular weight excluding hydrogens is 140 g/mol. The molecule has 0 aromatic carbocycles. The third kappa shape index (κ3) is 4.82. The molecule has 0 bridgehead atoms. The van der Waals surface area contributed by atoms with Crippen LogP contribution in [-0.2, 0) is 9.53 Å². The second-order valence-corrected chi connectivity index (χ2v) is 3.43. The quantitative estimate of drug-likeness (QED) is 0.585. The highest BCUT2D eigenvalue weighted by Gasteiger charge is 2.16. The topological polar surface area (TPSA) is 26.3 Å². The maximum atomic E-state index is 10.7. The highest BCUT2D eigenvalue weighted by atomic mass is 16.5. The standard InChI is InChI=1S/C9H17O2/c1-5-8(10)11-7-9(3,4)6-2/h1,5-7H2,2-4H3. The summed E-state index contributed by atoms with van der Waals surface area (Å²) in [6.45, 7) is 10.2. The van der Waals surface area contributed by atoms with Crippen molar-refractivity contribution in [1.29, 1.82) is 0 Å². The average molecular weight is 157 g/mol. The van der Waals surface area contributed by atoms with E-state index in [2.05, 4.69) is 27.7 Å². The van der Waals surface area contributed by atoms with Gasteiger partial charge in [-0.25, -0.2) is 0 Å². The van der Waals surface area contributed by atoms with Crippen LogP contribution in [0.15, 0.2) is 0 Å². The Labute approximate surface area is 68.9 Å². The molecule has 1 radical (unpaired) electrons. The smallest absolute Gasteiger partial charge is 0.305 e. The first-order chi connectivity index (χ1) is 5.02. The van der Waals surface area contributed by atoms with Gasteiger partial charge in [0.05, 0.1) is 6.61 Å². The fourth-order valence-corrected chi connectivity index (χ4v) is 0.450. The molecule has 0 heterocycles. The van der Waals surface area contributed by atoms with Crippen molar-refractivity contribution in [2.45, 2.75) is 33.6 Å². The van der Waals surface area contributed by atoms with Crippen LogP contribution in [0.25, 0.3) is 0 Å². The number of carbonyl (C=O) groups excluding carboxylic acids is 1. The summed E-state index contributed by atoms with van der Waals surface area (Å²) in [5, 5.41) is 0. The van der Waals surface area contributed by atoms with Crippen molar-refractivity contribution in [2.24, 2.45) is 5.41 Å². The predicted octanol–water partition coefficient (Wildman–Crippen LogP) is 2.19. The fourth-order valence-electron chi connectivity index (χ4n) is 0.450. The predicted molar refractivity (Wildman–Crippen MR) is 45.0 cm³/mol. The first kappa shape index (κ1) is 10.5. The van der Waals surface area contributed by atoms with Crippen LogP contribution in [0.3, 0.4) is 0 Å². The average Bonchev–Trinajstić information content (AvgIpc) is 2.00. The van der Waals surface area contributed by atoms with E-state index in [1.807, 2.05) is 0 Å². The van der Waals surface area contributed by atoms with Crippen molar-refractivity contribution in [1.82, 2.24) is 0 Å². The zero-order valence-electron chi connectivity index (χ0n) is 7.64. The SMILES string of the molecule is [CH2]CC(=O)OCC(C)(C)CC. The summed E-state index contributed by atoms with van der Waals surface area (Å²) in [7, 11) is 0. The van der Waals surface area contributed by atoms with Gasteiger partial charge in [-0.3, -0.25) is 4.79 Å². The molecule has 0 atom stereocenters. The Morgan fingerprint density at radius 2 is 2.09 bits per heavy atom. The van der Waals surface area contributed by atoms with Crippen molar-refractivity contribution in [2.75, 3.05) is 6.61 Å². The molecule has 65 valence electrons. The fraction of sp³-hybridized carbons (Fsp3) is 0.778. The minimum absolute atomic E-state index is 0.102. The van der Waals surface area contributed by atoms with E-state index in [-0.39, 0.29) is 17.8 Å². The molecule has 0 aliphatic rings. The number of carbonyl (C=O) groups is 1. The molecule has 0 aliphatic heterocycles. The lowest BCUT2D eigenvalue weighted by atomic mass is 9.92. The molecule has 0 saturated carbocycles. The van der Waals surface area contributed by atoms with Gasteiger partial charge in [0.2, 0.25) is 0 Å². The number of rotatable bonds is 4.